The summed E-state index contributed by atoms with van der Waals surface area (Å²) < 4.78 is 0. The molecule has 0 aliphatic rings. The van der Waals surface area contributed by atoms with Crippen molar-refractivity contribution in [2.75, 3.05) is 20.1 Å². The van der Waals surface area contributed by atoms with Gasteiger partial charge in [0.15, 0.2) is 0 Å². The van der Waals surface area contributed by atoms with E-state index in [0.29, 0.717) is 12.0 Å². The number of likely N-dealkylation sites (N-methyl/N-ethyl adjacent to an activating group) is 1. The summed E-state index contributed by atoms with van der Waals surface area (Å²) in [6, 6.07) is 11.0. The van der Waals surface area contributed by atoms with E-state index in [2.05, 4.69) is 56.1 Å². The molecule has 0 saturated carbocycles. The summed E-state index contributed by atoms with van der Waals surface area (Å²) in [5.74, 6) is 0.690. The molecule has 2 heteroatoms. The highest BCUT2D eigenvalue weighted by Gasteiger charge is 2.14. The topological polar surface area (TPSA) is 29.3 Å². The normalized spacial score (nSPS) is 13.4. The van der Waals surface area contributed by atoms with Gasteiger partial charge in [-0.1, -0.05) is 44.2 Å². The van der Waals surface area contributed by atoms with Crippen LogP contribution in [0, 0.1) is 5.92 Å². The molecule has 0 saturated heterocycles. The molecule has 0 aliphatic carbocycles. The summed E-state index contributed by atoms with van der Waals surface area (Å²) in [7, 11) is 2.17. The molecule has 0 fully saturated rings. The Hall–Kier alpha value is -0.860. The Bertz CT molecular complexity index is 282. The smallest absolute Gasteiger partial charge is 0.0255 e. The molecule has 2 N–H and O–H groups in total. The Labute approximate surface area is 99.5 Å². The molecular formula is C14H24N2. The Morgan fingerprint density at radius 1 is 1.19 bits per heavy atom. The molecule has 1 aromatic rings. The molecule has 0 amide bonds. The Kier molecular flexibility index (Phi) is 5.50. The summed E-state index contributed by atoms with van der Waals surface area (Å²) in [5, 5.41) is 0. The second-order valence-corrected chi connectivity index (χ2v) is 4.91. The molecular weight excluding hydrogens is 196 g/mol. The van der Waals surface area contributed by atoms with Crippen molar-refractivity contribution < 1.29 is 0 Å². The van der Waals surface area contributed by atoms with Gasteiger partial charge in [0.1, 0.15) is 0 Å². The van der Waals surface area contributed by atoms with Crippen molar-refractivity contribution in [1.29, 1.82) is 0 Å². The molecule has 0 aliphatic heterocycles. The van der Waals surface area contributed by atoms with Crippen molar-refractivity contribution in [1.82, 2.24) is 4.90 Å². The highest BCUT2D eigenvalue weighted by atomic mass is 15.1. The summed E-state index contributed by atoms with van der Waals surface area (Å²) in [6.07, 6.45) is 1.04. The van der Waals surface area contributed by atoms with Gasteiger partial charge in [-0.05, 0) is 24.9 Å². The molecule has 0 bridgehead atoms. The molecule has 1 rings (SSSR count). The van der Waals surface area contributed by atoms with Crippen molar-refractivity contribution in [3.05, 3.63) is 35.9 Å². The largest absolute Gasteiger partial charge is 0.329 e. The van der Waals surface area contributed by atoms with Crippen LogP contribution in [0.1, 0.15) is 19.4 Å². The lowest BCUT2D eigenvalue weighted by molar-refractivity contribution is 0.220. The molecule has 0 aromatic heterocycles. The van der Waals surface area contributed by atoms with Crippen molar-refractivity contribution in [2.24, 2.45) is 11.7 Å². The first-order valence-corrected chi connectivity index (χ1v) is 6.07. The Morgan fingerprint density at radius 3 is 2.31 bits per heavy atom. The van der Waals surface area contributed by atoms with Crippen LogP contribution < -0.4 is 5.73 Å². The minimum Gasteiger partial charge on any atom is -0.329 e. The summed E-state index contributed by atoms with van der Waals surface area (Å²) in [6.45, 7) is 6.31. The second-order valence-electron chi connectivity index (χ2n) is 4.91. The van der Waals surface area contributed by atoms with Crippen LogP contribution >= 0.6 is 0 Å². The van der Waals surface area contributed by atoms with Crippen molar-refractivity contribution in [3.63, 3.8) is 0 Å². The van der Waals surface area contributed by atoms with E-state index in [1.54, 1.807) is 0 Å². The average Bonchev–Trinajstić information content (AvgIpc) is 2.26. The molecule has 16 heavy (non-hydrogen) atoms. The molecule has 0 heterocycles. The number of benzene rings is 1. The maximum Gasteiger partial charge on any atom is 0.0255 e. The molecule has 2 nitrogen and oxygen atoms in total. The number of hydrogen-bond acceptors (Lipinski definition) is 2. The number of nitrogens with two attached hydrogens (primary N) is 1. The highest BCUT2D eigenvalue weighted by Crippen LogP contribution is 2.08. The van der Waals surface area contributed by atoms with Gasteiger partial charge >= 0.3 is 0 Å². The van der Waals surface area contributed by atoms with Crippen LogP contribution in [-0.2, 0) is 6.42 Å². The van der Waals surface area contributed by atoms with Crippen LogP contribution in [0.25, 0.3) is 0 Å². The van der Waals surface area contributed by atoms with Crippen LogP contribution in [0.5, 0.6) is 0 Å². The van der Waals surface area contributed by atoms with Crippen LogP contribution in [0.2, 0.25) is 0 Å². The SMILES string of the molecule is CC(C)CN(C)C(CN)Cc1ccccc1. The van der Waals surface area contributed by atoms with Crippen LogP contribution in [-0.4, -0.2) is 31.1 Å². The van der Waals surface area contributed by atoms with Gasteiger partial charge in [0.05, 0.1) is 0 Å². The number of nitrogens with zero attached hydrogens (tertiary/aromatic N) is 1. The van der Waals surface area contributed by atoms with E-state index in [9.17, 15) is 0 Å². The van der Waals surface area contributed by atoms with Crippen molar-refractivity contribution >= 4 is 0 Å². The third-order valence-electron chi connectivity index (χ3n) is 2.86. The first-order valence-electron chi connectivity index (χ1n) is 6.07. The van der Waals surface area contributed by atoms with Gasteiger partial charge in [-0.3, -0.25) is 0 Å². The van der Waals surface area contributed by atoms with E-state index in [1.165, 1.54) is 5.56 Å². The molecule has 0 radical (unpaired) electrons. The maximum absolute atomic E-state index is 5.86. The lowest BCUT2D eigenvalue weighted by Crippen LogP contribution is -2.41. The van der Waals surface area contributed by atoms with Crippen LogP contribution in [0.4, 0.5) is 0 Å². The molecule has 90 valence electrons. The first kappa shape index (κ1) is 13.2. The lowest BCUT2D eigenvalue weighted by Gasteiger charge is -2.28. The first-order chi connectivity index (χ1) is 7.63. The van der Waals surface area contributed by atoms with Gasteiger partial charge < -0.3 is 10.6 Å². The van der Waals surface area contributed by atoms with Crippen molar-refractivity contribution in [2.45, 2.75) is 26.3 Å². The summed E-state index contributed by atoms with van der Waals surface area (Å²) in [4.78, 5) is 2.37. The minimum atomic E-state index is 0.449. The van der Waals surface area contributed by atoms with Gasteiger partial charge in [-0.2, -0.15) is 0 Å². The average molecular weight is 220 g/mol. The predicted molar refractivity (Wildman–Crippen MR) is 70.5 cm³/mol. The summed E-state index contributed by atoms with van der Waals surface area (Å²) >= 11 is 0. The zero-order valence-corrected chi connectivity index (χ0v) is 10.7. The number of rotatable bonds is 6. The molecule has 1 atom stereocenters. The van der Waals surface area contributed by atoms with E-state index in [4.69, 9.17) is 5.73 Å². The second kappa shape index (κ2) is 6.66. The monoisotopic (exact) mass is 220 g/mol. The molecule has 1 aromatic carbocycles. The van der Waals surface area contributed by atoms with Crippen LogP contribution in [0.3, 0.4) is 0 Å². The van der Waals surface area contributed by atoms with Crippen molar-refractivity contribution in [3.8, 4) is 0 Å². The zero-order valence-electron chi connectivity index (χ0n) is 10.7. The number of hydrogen-bond donors (Lipinski definition) is 1. The van der Waals surface area contributed by atoms with Gasteiger partial charge in [0, 0.05) is 19.1 Å². The van der Waals surface area contributed by atoms with Gasteiger partial charge in [0.25, 0.3) is 0 Å². The fraction of sp³-hybridized carbons (Fsp3) is 0.571. The minimum absolute atomic E-state index is 0.449. The molecule has 1 unspecified atom stereocenters. The lowest BCUT2D eigenvalue weighted by atomic mass is 10.0. The van der Waals surface area contributed by atoms with E-state index in [1.807, 2.05) is 0 Å². The quantitative estimate of drug-likeness (QED) is 0.796. The van der Waals surface area contributed by atoms with Gasteiger partial charge in [-0.25, -0.2) is 0 Å². The Balaban J connectivity index is 2.55. The maximum atomic E-state index is 5.86. The van der Waals surface area contributed by atoms with E-state index in [-0.39, 0.29) is 0 Å². The molecule has 0 spiro atoms. The standard InChI is InChI=1S/C14H24N2/c1-12(2)11-16(3)14(10-15)9-13-7-5-4-6-8-13/h4-8,12,14H,9-11,15H2,1-3H3. The van der Waals surface area contributed by atoms with Gasteiger partial charge in [0.2, 0.25) is 0 Å². The van der Waals surface area contributed by atoms with Gasteiger partial charge in [-0.15, -0.1) is 0 Å². The third kappa shape index (κ3) is 4.33. The zero-order chi connectivity index (χ0) is 12.0. The fourth-order valence-corrected chi connectivity index (χ4v) is 2.03. The highest BCUT2D eigenvalue weighted by molar-refractivity contribution is 5.16. The van der Waals surface area contributed by atoms with E-state index < -0.39 is 0 Å². The van der Waals surface area contributed by atoms with E-state index in [0.717, 1.165) is 19.5 Å². The Morgan fingerprint density at radius 2 is 1.81 bits per heavy atom. The predicted octanol–water partition coefficient (Wildman–Crippen LogP) is 2.14. The third-order valence-corrected chi connectivity index (χ3v) is 2.86. The van der Waals surface area contributed by atoms with Crippen LogP contribution in [0.15, 0.2) is 30.3 Å². The van der Waals surface area contributed by atoms with E-state index >= 15 is 0 Å². The summed E-state index contributed by atoms with van der Waals surface area (Å²) in [5.41, 5.74) is 7.22. The fourth-order valence-electron chi connectivity index (χ4n) is 2.03.